The van der Waals surface area contributed by atoms with Gasteiger partial charge in [-0.25, -0.2) is 0 Å². The third kappa shape index (κ3) is 3.02. The normalized spacial score (nSPS) is 28.6. The van der Waals surface area contributed by atoms with Gasteiger partial charge in [-0.2, -0.15) is 8.42 Å². The first-order chi connectivity index (χ1) is 8.15. The highest BCUT2D eigenvalue weighted by Gasteiger charge is 2.43. The van der Waals surface area contributed by atoms with E-state index in [9.17, 15) is 8.42 Å². The van der Waals surface area contributed by atoms with Crippen LogP contribution in [0.25, 0.3) is 0 Å². The fourth-order valence-electron chi connectivity index (χ4n) is 1.54. The summed E-state index contributed by atoms with van der Waals surface area (Å²) in [7, 11) is -3.72. The molecule has 0 saturated carbocycles. The number of allylic oxidation sites excluding steroid dienone is 3. The molecule has 18 heavy (non-hydrogen) atoms. The maximum absolute atomic E-state index is 12.3. The standard InChI is InChI=1S/C13H22O4S/c1-11-7-5-6-8-13(11,4)18(15,16)17-10-12(2,3)9-14/h5-8,11,14H,9-10H2,1-4H3. The van der Waals surface area contributed by atoms with Crippen LogP contribution in [-0.2, 0) is 14.3 Å². The van der Waals surface area contributed by atoms with E-state index in [1.807, 2.05) is 19.1 Å². The van der Waals surface area contributed by atoms with Crippen LogP contribution in [-0.4, -0.2) is 31.5 Å². The predicted octanol–water partition coefficient (Wildman–Crippen LogP) is 1.87. The van der Waals surface area contributed by atoms with E-state index in [1.54, 1.807) is 32.9 Å². The Labute approximate surface area is 109 Å². The number of aliphatic hydroxyl groups excluding tert-OH is 1. The first-order valence-corrected chi connectivity index (χ1v) is 7.41. The third-order valence-corrected chi connectivity index (χ3v) is 5.43. The molecule has 0 aliphatic heterocycles. The van der Waals surface area contributed by atoms with Crippen molar-refractivity contribution >= 4 is 10.1 Å². The van der Waals surface area contributed by atoms with Crippen LogP contribution in [0.4, 0.5) is 0 Å². The van der Waals surface area contributed by atoms with Crippen molar-refractivity contribution in [3.05, 3.63) is 24.3 Å². The van der Waals surface area contributed by atoms with Crippen molar-refractivity contribution in [3.63, 3.8) is 0 Å². The van der Waals surface area contributed by atoms with E-state index in [1.165, 1.54) is 0 Å². The van der Waals surface area contributed by atoms with Gasteiger partial charge in [0.05, 0.1) is 13.2 Å². The summed E-state index contributed by atoms with van der Waals surface area (Å²) in [6.45, 7) is 6.86. The first-order valence-electron chi connectivity index (χ1n) is 6.00. The van der Waals surface area contributed by atoms with Gasteiger partial charge in [-0.3, -0.25) is 4.18 Å². The molecule has 2 unspecified atom stereocenters. The minimum Gasteiger partial charge on any atom is -0.396 e. The monoisotopic (exact) mass is 274 g/mol. The Morgan fingerprint density at radius 3 is 2.50 bits per heavy atom. The molecule has 0 bridgehead atoms. The zero-order chi connectivity index (χ0) is 14.0. The number of rotatable bonds is 5. The van der Waals surface area contributed by atoms with Crippen LogP contribution in [0.2, 0.25) is 0 Å². The van der Waals surface area contributed by atoms with Crippen molar-refractivity contribution in [1.82, 2.24) is 0 Å². The van der Waals surface area contributed by atoms with Crippen LogP contribution in [0, 0.1) is 11.3 Å². The molecule has 1 rings (SSSR count). The maximum Gasteiger partial charge on any atom is 0.277 e. The van der Waals surface area contributed by atoms with Gasteiger partial charge in [0.25, 0.3) is 10.1 Å². The summed E-state index contributed by atoms with van der Waals surface area (Å²) in [5.74, 6) is -0.148. The molecule has 0 saturated heterocycles. The Kier molecular flexibility index (Phi) is 4.41. The van der Waals surface area contributed by atoms with Gasteiger partial charge in [0.2, 0.25) is 0 Å². The maximum atomic E-state index is 12.3. The Hall–Kier alpha value is -0.650. The number of aliphatic hydroxyl groups is 1. The lowest BCUT2D eigenvalue weighted by Crippen LogP contribution is -2.42. The topological polar surface area (TPSA) is 63.6 Å². The highest BCUT2D eigenvalue weighted by Crippen LogP contribution is 2.34. The largest absolute Gasteiger partial charge is 0.396 e. The van der Waals surface area contributed by atoms with Gasteiger partial charge in [0.1, 0.15) is 4.75 Å². The van der Waals surface area contributed by atoms with Crippen LogP contribution >= 0.6 is 0 Å². The molecule has 0 aromatic carbocycles. The van der Waals surface area contributed by atoms with Crippen molar-refractivity contribution in [3.8, 4) is 0 Å². The first kappa shape index (κ1) is 15.4. The minimum atomic E-state index is -3.72. The van der Waals surface area contributed by atoms with Gasteiger partial charge in [-0.1, -0.05) is 45.1 Å². The lowest BCUT2D eigenvalue weighted by Gasteiger charge is -2.33. The molecule has 1 aliphatic carbocycles. The van der Waals surface area contributed by atoms with E-state index in [0.717, 1.165) is 0 Å². The molecule has 104 valence electrons. The lowest BCUT2D eigenvalue weighted by atomic mass is 9.91. The van der Waals surface area contributed by atoms with Crippen LogP contribution < -0.4 is 0 Å². The fourth-order valence-corrected chi connectivity index (χ4v) is 3.05. The molecule has 0 radical (unpaired) electrons. The van der Waals surface area contributed by atoms with E-state index < -0.39 is 20.3 Å². The molecular weight excluding hydrogens is 252 g/mol. The zero-order valence-corrected chi connectivity index (χ0v) is 12.2. The van der Waals surface area contributed by atoms with Gasteiger partial charge < -0.3 is 5.11 Å². The summed E-state index contributed by atoms with van der Waals surface area (Å²) >= 11 is 0. The van der Waals surface area contributed by atoms with Crippen LogP contribution in [0.15, 0.2) is 24.3 Å². The lowest BCUT2D eigenvalue weighted by molar-refractivity contribution is 0.0987. The molecule has 0 spiro atoms. The Bertz CT molecular complexity index is 448. The van der Waals surface area contributed by atoms with Crippen molar-refractivity contribution in [1.29, 1.82) is 0 Å². The molecule has 2 atom stereocenters. The molecular formula is C13H22O4S. The SMILES string of the molecule is CC1C=CC=CC1(C)S(=O)(=O)OCC(C)(C)CO. The molecule has 5 heteroatoms. The van der Waals surface area contributed by atoms with Crippen LogP contribution in [0.3, 0.4) is 0 Å². The number of hydrogen-bond acceptors (Lipinski definition) is 4. The van der Waals surface area contributed by atoms with Gasteiger partial charge in [-0.05, 0) is 12.8 Å². The number of hydrogen-bond donors (Lipinski definition) is 1. The second-order valence-corrected chi connectivity index (χ2v) is 7.78. The highest BCUT2D eigenvalue weighted by molar-refractivity contribution is 7.88. The molecule has 1 N–H and O–H groups in total. The molecule has 0 aromatic rings. The Morgan fingerprint density at radius 1 is 1.39 bits per heavy atom. The van der Waals surface area contributed by atoms with Crippen LogP contribution in [0.5, 0.6) is 0 Å². The summed E-state index contributed by atoms with van der Waals surface area (Å²) in [6.07, 6.45) is 7.05. The van der Waals surface area contributed by atoms with E-state index in [0.29, 0.717) is 0 Å². The summed E-state index contributed by atoms with van der Waals surface area (Å²) in [4.78, 5) is 0. The molecule has 0 heterocycles. The molecule has 0 fully saturated rings. The smallest absolute Gasteiger partial charge is 0.277 e. The average Bonchev–Trinajstić information content (AvgIpc) is 2.31. The van der Waals surface area contributed by atoms with Gasteiger partial charge in [-0.15, -0.1) is 0 Å². The summed E-state index contributed by atoms with van der Waals surface area (Å²) < 4.78 is 28.7. The van der Waals surface area contributed by atoms with Gasteiger partial charge >= 0.3 is 0 Å². The van der Waals surface area contributed by atoms with E-state index in [-0.39, 0.29) is 19.1 Å². The van der Waals surface area contributed by atoms with E-state index >= 15 is 0 Å². The van der Waals surface area contributed by atoms with Crippen molar-refractivity contribution < 1.29 is 17.7 Å². The quantitative estimate of drug-likeness (QED) is 0.777. The fraction of sp³-hybridized carbons (Fsp3) is 0.692. The predicted molar refractivity (Wildman–Crippen MR) is 71.6 cm³/mol. The van der Waals surface area contributed by atoms with Gasteiger partial charge in [0, 0.05) is 5.41 Å². The summed E-state index contributed by atoms with van der Waals surface area (Å²) in [5.41, 5.74) is -0.569. The zero-order valence-electron chi connectivity index (χ0n) is 11.4. The second-order valence-electron chi connectivity index (χ2n) is 5.76. The Balaban J connectivity index is 2.88. The van der Waals surface area contributed by atoms with Crippen LogP contribution in [0.1, 0.15) is 27.7 Å². The second kappa shape index (κ2) is 5.15. The average molecular weight is 274 g/mol. The van der Waals surface area contributed by atoms with Crippen molar-refractivity contribution in [2.45, 2.75) is 32.4 Å². The molecule has 0 aromatic heterocycles. The molecule has 0 amide bonds. The highest BCUT2D eigenvalue weighted by atomic mass is 32.2. The third-order valence-electron chi connectivity index (χ3n) is 3.41. The minimum absolute atomic E-state index is 0.0221. The van der Waals surface area contributed by atoms with E-state index in [2.05, 4.69) is 0 Å². The molecule has 1 aliphatic rings. The Morgan fingerprint density at radius 2 is 2.00 bits per heavy atom. The summed E-state index contributed by atoms with van der Waals surface area (Å²) in [6, 6.07) is 0. The van der Waals surface area contributed by atoms with Crippen molar-refractivity contribution in [2.75, 3.05) is 13.2 Å². The summed E-state index contributed by atoms with van der Waals surface area (Å²) in [5, 5.41) is 9.12. The van der Waals surface area contributed by atoms with Crippen molar-refractivity contribution in [2.24, 2.45) is 11.3 Å². The van der Waals surface area contributed by atoms with Gasteiger partial charge in [0.15, 0.2) is 0 Å². The van der Waals surface area contributed by atoms with E-state index in [4.69, 9.17) is 9.29 Å². The molecule has 4 nitrogen and oxygen atoms in total.